The van der Waals surface area contributed by atoms with Crippen molar-refractivity contribution in [2.75, 3.05) is 0 Å². The molecule has 0 bridgehead atoms. The molecule has 0 heterocycles. The van der Waals surface area contributed by atoms with Gasteiger partial charge >= 0.3 is 5.69 Å². The van der Waals surface area contributed by atoms with E-state index in [9.17, 15) is 15.2 Å². The Kier molecular flexibility index (Phi) is 2.84. The average Bonchev–Trinajstić information content (AvgIpc) is 2.47. The number of benzene rings is 3. The largest absolute Gasteiger partial charge is 0.502 e. The summed E-state index contributed by atoms with van der Waals surface area (Å²) in [6.07, 6.45) is 0. The maximum atomic E-state index is 10.9. The van der Waals surface area contributed by atoms with Crippen LogP contribution in [-0.4, -0.2) is 10.0 Å². The summed E-state index contributed by atoms with van der Waals surface area (Å²) in [5, 5.41) is 22.5. The van der Waals surface area contributed by atoms with Crippen molar-refractivity contribution in [2.24, 2.45) is 0 Å². The van der Waals surface area contributed by atoms with E-state index in [-0.39, 0.29) is 11.4 Å². The second kappa shape index (κ2) is 4.66. The highest BCUT2D eigenvalue weighted by Crippen LogP contribution is 2.34. The maximum Gasteiger partial charge on any atom is 0.311 e. The Morgan fingerprint density at radius 3 is 2.50 bits per heavy atom. The molecule has 1 N–H and O–H groups in total. The average molecular weight is 265 g/mol. The third kappa shape index (κ3) is 1.97. The molecule has 0 saturated carbocycles. The Morgan fingerprint density at radius 1 is 0.950 bits per heavy atom. The van der Waals surface area contributed by atoms with Crippen molar-refractivity contribution in [3.63, 3.8) is 0 Å². The van der Waals surface area contributed by atoms with Gasteiger partial charge in [-0.2, -0.15) is 0 Å². The summed E-state index contributed by atoms with van der Waals surface area (Å²) >= 11 is 0. The van der Waals surface area contributed by atoms with Crippen molar-refractivity contribution in [3.8, 4) is 16.9 Å². The second-order valence-electron chi connectivity index (χ2n) is 4.49. The van der Waals surface area contributed by atoms with E-state index in [0.29, 0.717) is 5.56 Å². The molecule has 0 radical (unpaired) electrons. The predicted molar refractivity (Wildman–Crippen MR) is 77.7 cm³/mol. The van der Waals surface area contributed by atoms with Crippen LogP contribution in [0.15, 0.2) is 60.7 Å². The van der Waals surface area contributed by atoms with Crippen molar-refractivity contribution in [1.29, 1.82) is 0 Å². The minimum atomic E-state index is -0.579. The van der Waals surface area contributed by atoms with E-state index in [2.05, 4.69) is 0 Å². The molecule has 0 atom stereocenters. The van der Waals surface area contributed by atoms with Gasteiger partial charge in [0.05, 0.1) is 4.92 Å². The first-order chi connectivity index (χ1) is 9.66. The zero-order chi connectivity index (χ0) is 14.1. The molecule has 0 aromatic heterocycles. The summed E-state index contributed by atoms with van der Waals surface area (Å²) < 4.78 is 0. The van der Waals surface area contributed by atoms with E-state index >= 15 is 0 Å². The molecule has 4 nitrogen and oxygen atoms in total. The molecule has 0 unspecified atom stereocenters. The lowest BCUT2D eigenvalue weighted by atomic mass is 9.98. The van der Waals surface area contributed by atoms with Crippen LogP contribution in [-0.2, 0) is 0 Å². The predicted octanol–water partition coefficient (Wildman–Crippen LogP) is 4.12. The molecular weight excluding hydrogens is 254 g/mol. The van der Waals surface area contributed by atoms with Gasteiger partial charge in [-0.1, -0.05) is 48.5 Å². The van der Waals surface area contributed by atoms with E-state index in [1.165, 1.54) is 12.1 Å². The van der Waals surface area contributed by atoms with Crippen molar-refractivity contribution in [3.05, 3.63) is 70.8 Å². The molecule has 0 aliphatic rings. The van der Waals surface area contributed by atoms with Gasteiger partial charge in [-0.25, -0.2) is 0 Å². The molecule has 0 saturated heterocycles. The smallest absolute Gasteiger partial charge is 0.311 e. The topological polar surface area (TPSA) is 63.4 Å². The SMILES string of the molecule is O=[N+]([O-])c1cc(-c2cccc3ccccc23)ccc1O. The van der Waals surface area contributed by atoms with Gasteiger partial charge in [0.2, 0.25) is 0 Å². The number of rotatable bonds is 2. The van der Waals surface area contributed by atoms with Crippen LogP contribution < -0.4 is 0 Å². The van der Waals surface area contributed by atoms with E-state index in [0.717, 1.165) is 16.3 Å². The van der Waals surface area contributed by atoms with Crippen molar-refractivity contribution >= 4 is 16.5 Å². The van der Waals surface area contributed by atoms with Crippen LogP contribution in [0.3, 0.4) is 0 Å². The number of nitro benzene ring substituents is 1. The summed E-state index contributed by atoms with van der Waals surface area (Å²) in [6.45, 7) is 0. The molecule has 0 aliphatic heterocycles. The molecule has 0 spiro atoms. The van der Waals surface area contributed by atoms with Gasteiger partial charge < -0.3 is 5.11 Å². The standard InChI is InChI=1S/C16H11NO3/c18-16-9-8-12(10-15(16)17(19)20)14-7-3-5-11-4-1-2-6-13(11)14/h1-10,18H. The van der Waals surface area contributed by atoms with E-state index in [1.54, 1.807) is 6.07 Å². The third-order valence-electron chi connectivity index (χ3n) is 3.27. The molecule has 0 fully saturated rings. The molecule has 98 valence electrons. The number of hydrogen-bond acceptors (Lipinski definition) is 3. The minimum Gasteiger partial charge on any atom is -0.502 e. The Bertz CT molecular complexity index is 806. The Hall–Kier alpha value is -2.88. The summed E-state index contributed by atoms with van der Waals surface area (Å²) in [5.41, 5.74) is 1.34. The number of nitro groups is 1. The van der Waals surface area contributed by atoms with Gasteiger partial charge in [0.15, 0.2) is 5.75 Å². The van der Waals surface area contributed by atoms with Crippen LogP contribution >= 0.6 is 0 Å². The minimum absolute atomic E-state index is 0.282. The van der Waals surface area contributed by atoms with Crippen LogP contribution in [0.25, 0.3) is 21.9 Å². The summed E-state index contributed by atoms with van der Waals surface area (Å²) in [6, 6.07) is 18.1. The van der Waals surface area contributed by atoms with Gasteiger partial charge in [0.1, 0.15) is 0 Å². The normalized spacial score (nSPS) is 10.6. The number of phenols is 1. The summed E-state index contributed by atoms with van der Waals surface area (Å²) in [4.78, 5) is 10.3. The quantitative estimate of drug-likeness (QED) is 0.560. The van der Waals surface area contributed by atoms with Gasteiger partial charge in [-0.15, -0.1) is 0 Å². The van der Waals surface area contributed by atoms with Crippen LogP contribution in [0.1, 0.15) is 0 Å². The third-order valence-corrected chi connectivity index (χ3v) is 3.27. The van der Waals surface area contributed by atoms with Gasteiger partial charge in [-0.3, -0.25) is 10.1 Å². The van der Waals surface area contributed by atoms with E-state index < -0.39 is 4.92 Å². The first-order valence-electron chi connectivity index (χ1n) is 6.12. The molecule has 3 rings (SSSR count). The highest BCUT2D eigenvalue weighted by atomic mass is 16.6. The highest BCUT2D eigenvalue weighted by Gasteiger charge is 2.15. The fraction of sp³-hybridized carbons (Fsp3) is 0. The monoisotopic (exact) mass is 265 g/mol. The first kappa shape index (κ1) is 12.2. The molecule has 3 aromatic rings. The lowest BCUT2D eigenvalue weighted by molar-refractivity contribution is -0.385. The molecule has 0 amide bonds. The number of nitrogens with zero attached hydrogens (tertiary/aromatic N) is 1. The fourth-order valence-corrected chi connectivity index (χ4v) is 2.31. The molecule has 0 aliphatic carbocycles. The molecule has 3 aromatic carbocycles. The maximum absolute atomic E-state index is 10.9. The Balaban J connectivity index is 2.26. The van der Waals surface area contributed by atoms with Crippen LogP contribution in [0, 0.1) is 10.1 Å². The first-order valence-corrected chi connectivity index (χ1v) is 6.12. The summed E-state index contributed by atoms with van der Waals surface area (Å²) in [7, 11) is 0. The van der Waals surface area contributed by atoms with Gasteiger partial charge in [0, 0.05) is 6.07 Å². The van der Waals surface area contributed by atoms with Gasteiger partial charge in [-0.05, 0) is 28.0 Å². The lowest BCUT2D eigenvalue weighted by Gasteiger charge is -2.07. The zero-order valence-electron chi connectivity index (χ0n) is 10.5. The Morgan fingerprint density at radius 2 is 1.70 bits per heavy atom. The van der Waals surface area contributed by atoms with Crippen molar-refractivity contribution in [2.45, 2.75) is 0 Å². The van der Waals surface area contributed by atoms with Gasteiger partial charge in [0.25, 0.3) is 0 Å². The number of fused-ring (bicyclic) bond motifs is 1. The molecule has 4 heteroatoms. The van der Waals surface area contributed by atoms with Crippen molar-refractivity contribution in [1.82, 2.24) is 0 Å². The summed E-state index contributed by atoms with van der Waals surface area (Å²) in [5.74, 6) is -0.320. The van der Waals surface area contributed by atoms with Crippen molar-refractivity contribution < 1.29 is 10.0 Å². The van der Waals surface area contributed by atoms with E-state index in [1.807, 2.05) is 42.5 Å². The number of hydrogen-bond donors (Lipinski definition) is 1. The fourth-order valence-electron chi connectivity index (χ4n) is 2.31. The van der Waals surface area contributed by atoms with Crippen LogP contribution in [0.5, 0.6) is 5.75 Å². The number of aromatic hydroxyl groups is 1. The molecular formula is C16H11NO3. The van der Waals surface area contributed by atoms with Crippen LogP contribution in [0.2, 0.25) is 0 Å². The van der Waals surface area contributed by atoms with E-state index in [4.69, 9.17) is 0 Å². The molecule has 20 heavy (non-hydrogen) atoms. The zero-order valence-corrected chi connectivity index (χ0v) is 10.5. The Labute approximate surface area is 115 Å². The highest BCUT2D eigenvalue weighted by molar-refractivity contribution is 5.97. The number of phenolic OH excluding ortho intramolecular Hbond substituents is 1. The second-order valence-corrected chi connectivity index (χ2v) is 4.49. The van der Waals surface area contributed by atoms with Crippen LogP contribution in [0.4, 0.5) is 5.69 Å². The lowest BCUT2D eigenvalue weighted by Crippen LogP contribution is -1.90.